The Kier molecular flexibility index (Phi) is 2.51. The summed E-state index contributed by atoms with van der Waals surface area (Å²) in [4.78, 5) is 10.6. The Balaban J connectivity index is 2.62. The number of aromatic nitrogens is 2. The van der Waals surface area contributed by atoms with Gasteiger partial charge in [0.15, 0.2) is 6.29 Å². The second-order valence-electron chi connectivity index (χ2n) is 2.94. The van der Waals surface area contributed by atoms with Crippen molar-refractivity contribution >= 4 is 17.9 Å². The van der Waals surface area contributed by atoms with Crippen LogP contribution in [0.4, 0.5) is 4.39 Å². The molecule has 2 rings (SSSR count). The van der Waals surface area contributed by atoms with Crippen molar-refractivity contribution in [3.05, 3.63) is 40.8 Å². The number of nitrogens with zero attached hydrogens (tertiary/aromatic N) is 1. The van der Waals surface area contributed by atoms with Crippen molar-refractivity contribution in [1.29, 1.82) is 0 Å². The summed E-state index contributed by atoms with van der Waals surface area (Å²) < 4.78 is 13.4. The third kappa shape index (κ3) is 1.76. The highest BCUT2D eigenvalue weighted by Gasteiger charge is 2.11. The first-order valence-electron chi connectivity index (χ1n) is 4.16. The van der Waals surface area contributed by atoms with E-state index in [1.807, 2.05) is 0 Å². The number of hydrogen-bond donors (Lipinski definition) is 1. The zero-order chi connectivity index (χ0) is 10.8. The molecule has 1 N–H and O–H groups in total. The van der Waals surface area contributed by atoms with Gasteiger partial charge in [-0.05, 0) is 18.2 Å². The SMILES string of the molecule is O=Cc1cn[nH]c1-c1cc(Cl)ccc1F. The fourth-order valence-electron chi connectivity index (χ4n) is 1.29. The fourth-order valence-corrected chi connectivity index (χ4v) is 1.46. The van der Waals surface area contributed by atoms with Gasteiger partial charge in [0.1, 0.15) is 5.82 Å². The average Bonchev–Trinajstić information content (AvgIpc) is 2.69. The first kappa shape index (κ1) is 9.86. The molecular formula is C10H6ClFN2O. The summed E-state index contributed by atoms with van der Waals surface area (Å²) in [5.74, 6) is -0.452. The molecule has 1 aromatic carbocycles. The number of hydrogen-bond acceptors (Lipinski definition) is 2. The molecule has 15 heavy (non-hydrogen) atoms. The van der Waals surface area contributed by atoms with Gasteiger partial charge in [0, 0.05) is 10.6 Å². The molecule has 0 aliphatic rings. The Bertz CT molecular complexity index is 510. The van der Waals surface area contributed by atoms with Gasteiger partial charge in [-0.3, -0.25) is 9.89 Å². The molecule has 0 saturated carbocycles. The Morgan fingerprint density at radius 3 is 3.00 bits per heavy atom. The van der Waals surface area contributed by atoms with Gasteiger partial charge < -0.3 is 0 Å². The monoisotopic (exact) mass is 224 g/mol. The van der Waals surface area contributed by atoms with Gasteiger partial charge in [-0.25, -0.2) is 4.39 Å². The minimum atomic E-state index is -0.452. The minimum absolute atomic E-state index is 0.238. The summed E-state index contributed by atoms with van der Waals surface area (Å²) in [6, 6.07) is 4.13. The molecule has 1 heterocycles. The zero-order valence-corrected chi connectivity index (χ0v) is 8.25. The fraction of sp³-hybridized carbons (Fsp3) is 0. The lowest BCUT2D eigenvalue weighted by atomic mass is 10.1. The van der Waals surface area contributed by atoms with E-state index in [1.54, 1.807) is 0 Å². The molecule has 0 fully saturated rings. The highest BCUT2D eigenvalue weighted by molar-refractivity contribution is 6.30. The van der Waals surface area contributed by atoms with Gasteiger partial charge in [0.2, 0.25) is 0 Å². The van der Waals surface area contributed by atoms with E-state index in [0.29, 0.717) is 22.6 Å². The van der Waals surface area contributed by atoms with E-state index in [1.165, 1.54) is 24.4 Å². The molecule has 0 unspecified atom stereocenters. The van der Waals surface area contributed by atoms with Crippen molar-refractivity contribution in [1.82, 2.24) is 10.2 Å². The molecule has 0 bridgehead atoms. The molecule has 0 radical (unpaired) electrons. The quantitative estimate of drug-likeness (QED) is 0.798. The van der Waals surface area contributed by atoms with Gasteiger partial charge in [-0.2, -0.15) is 5.10 Å². The number of benzene rings is 1. The maximum absolute atomic E-state index is 13.4. The normalized spacial score (nSPS) is 10.3. The van der Waals surface area contributed by atoms with Crippen LogP contribution in [0.5, 0.6) is 0 Å². The van der Waals surface area contributed by atoms with E-state index in [0.717, 1.165) is 0 Å². The Morgan fingerprint density at radius 2 is 2.27 bits per heavy atom. The Labute approximate surface area is 89.9 Å². The zero-order valence-electron chi connectivity index (χ0n) is 7.50. The predicted molar refractivity (Wildman–Crippen MR) is 54.4 cm³/mol. The number of carbonyl (C=O) groups is 1. The molecular weight excluding hydrogens is 219 g/mol. The van der Waals surface area contributed by atoms with Crippen LogP contribution >= 0.6 is 11.6 Å². The van der Waals surface area contributed by atoms with Crippen molar-refractivity contribution in [2.24, 2.45) is 0 Å². The van der Waals surface area contributed by atoms with Crippen molar-refractivity contribution in [2.75, 3.05) is 0 Å². The van der Waals surface area contributed by atoms with Crippen LogP contribution in [0.2, 0.25) is 5.02 Å². The summed E-state index contributed by atoms with van der Waals surface area (Å²) in [7, 11) is 0. The molecule has 0 saturated heterocycles. The first-order valence-corrected chi connectivity index (χ1v) is 4.54. The highest BCUT2D eigenvalue weighted by atomic mass is 35.5. The van der Waals surface area contributed by atoms with Crippen LogP contribution in [0.1, 0.15) is 10.4 Å². The van der Waals surface area contributed by atoms with Crippen LogP contribution in [0.15, 0.2) is 24.4 Å². The lowest BCUT2D eigenvalue weighted by molar-refractivity contribution is 0.112. The van der Waals surface area contributed by atoms with E-state index < -0.39 is 5.82 Å². The maximum Gasteiger partial charge on any atom is 0.153 e. The predicted octanol–water partition coefficient (Wildman–Crippen LogP) is 2.68. The standard InChI is InChI=1S/C10H6ClFN2O/c11-7-1-2-9(12)8(3-7)10-6(5-15)4-13-14-10/h1-5H,(H,13,14). The summed E-state index contributed by atoms with van der Waals surface area (Å²) in [5, 5.41) is 6.64. The molecule has 0 aliphatic carbocycles. The molecule has 1 aromatic heterocycles. The number of aromatic amines is 1. The second-order valence-corrected chi connectivity index (χ2v) is 3.38. The molecule has 0 aliphatic heterocycles. The second kappa shape index (κ2) is 3.82. The molecule has 76 valence electrons. The van der Waals surface area contributed by atoms with E-state index in [4.69, 9.17) is 11.6 Å². The van der Waals surface area contributed by atoms with E-state index in [2.05, 4.69) is 10.2 Å². The number of rotatable bonds is 2. The van der Waals surface area contributed by atoms with Gasteiger partial charge in [0.25, 0.3) is 0 Å². The molecule has 0 atom stereocenters. The van der Waals surface area contributed by atoms with Crippen molar-refractivity contribution in [3.8, 4) is 11.3 Å². The summed E-state index contributed by atoms with van der Waals surface area (Å²) in [6.45, 7) is 0. The van der Waals surface area contributed by atoms with Crippen molar-refractivity contribution in [3.63, 3.8) is 0 Å². The third-order valence-electron chi connectivity index (χ3n) is 1.99. The largest absolute Gasteiger partial charge is 0.298 e. The van der Waals surface area contributed by atoms with Crippen LogP contribution in [0, 0.1) is 5.82 Å². The smallest absolute Gasteiger partial charge is 0.153 e. The first-order chi connectivity index (χ1) is 7.22. The van der Waals surface area contributed by atoms with Crippen molar-refractivity contribution < 1.29 is 9.18 Å². The van der Waals surface area contributed by atoms with Gasteiger partial charge in [-0.1, -0.05) is 11.6 Å². The highest BCUT2D eigenvalue weighted by Crippen LogP contribution is 2.26. The van der Waals surface area contributed by atoms with E-state index >= 15 is 0 Å². The van der Waals surface area contributed by atoms with Gasteiger partial charge >= 0.3 is 0 Å². The summed E-state index contributed by atoms with van der Waals surface area (Å²) >= 11 is 5.74. The number of H-pyrrole nitrogens is 1. The summed E-state index contributed by atoms with van der Waals surface area (Å²) in [5.41, 5.74) is 0.878. The van der Waals surface area contributed by atoms with Crippen LogP contribution < -0.4 is 0 Å². The van der Waals surface area contributed by atoms with Crippen LogP contribution in [0.3, 0.4) is 0 Å². The van der Waals surface area contributed by atoms with Crippen LogP contribution in [-0.4, -0.2) is 16.5 Å². The van der Waals surface area contributed by atoms with E-state index in [9.17, 15) is 9.18 Å². The van der Waals surface area contributed by atoms with Crippen LogP contribution in [-0.2, 0) is 0 Å². The Hall–Kier alpha value is -1.68. The maximum atomic E-state index is 13.4. The number of carbonyl (C=O) groups excluding carboxylic acids is 1. The molecule has 2 aromatic rings. The molecule has 5 heteroatoms. The van der Waals surface area contributed by atoms with Gasteiger partial charge in [0.05, 0.1) is 17.5 Å². The summed E-state index contributed by atoms with van der Waals surface area (Å²) in [6.07, 6.45) is 1.95. The molecule has 0 spiro atoms. The third-order valence-corrected chi connectivity index (χ3v) is 2.23. The Morgan fingerprint density at radius 1 is 1.47 bits per heavy atom. The molecule has 0 amide bonds. The minimum Gasteiger partial charge on any atom is -0.298 e. The average molecular weight is 225 g/mol. The van der Waals surface area contributed by atoms with E-state index in [-0.39, 0.29) is 5.56 Å². The van der Waals surface area contributed by atoms with Crippen LogP contribution in [0.25, 0.3) is 11.3 Å². The molecule has 3 nitrogen and oxygen atoms in total. The van der Waals surface area contributed by atoms with Crippen molar-refractivity contribution in [2.45, 2.75) is 0 Å². The number of aldehydes is 1. The number of nitrogens with one attached hydrogen (secondary N) is 1. The van der Waals surface area contributed by atoms with Gasteiger partial charge in [-0.15, -0.1) is 0 Å². The number of halogens is 2. The lowest BCUT2D eigenvalue weighted by Gasteiger charge is -2.01. The topological polar surface area (TPSA) is 45.8 Å². The lowest BCUT2D eigenvalue weighted by Crippen LogP contribution is -1.88.